The van der Waals surface area contributed by atoms with E-state index >= 15 is 0 Å². The van der Waals surface area contributed by atoms with Crippen LogP contribution in [0.5, 0.6) is 0 Å². The first-order valence-electron chi connectivity index (χ1n) is 6.74. The van der Waals surface area contributed by atoms with Gasteiger partial charge in [-0.15, -0.1) is 0 Å². The van der Waals surface area contributed by atoms with Crippen LogP contribution in [0.2, 0.25) is 0 Å². The topological polar surface area (TPSA) is 41.1 Å². The van der Waals surface area contributed by atoms with Crippen LogP contribution < -0.4 is 10.6 Å². The summed E-state index contributed by atoms with van der Waals surface area (Å²) in [6, 6.07) is 10.3. The van der Waals surface area contributed by atoms with E-state index in [1.165, 1.54) is 5.56 Å². The molecule has 0 heterocycles. The molecular formula is C15H24N2O. The third kappa shape index (κ3) is 6.94. The number of nitrogens with one attached hydrogen (secondary N) is 2. The van der Waals surface area contributed by atoms with E-state index in [1.807, 2.05) is 18.2 Å². The summed E-state index contributed by atoms with van der Waals surface area (Å²) in [7, 11) is 0. The SMILES string of the molecule is CC(C)CCNC(=O)NCCCc1ccccc1. The van der Waals surface area contributed by atoms with Crippen LogP contribution in [0.3, 0.4) is 0 Å². The summed E-state index contributed by atoms with van der Waals surface area (Å²) < 4.78 is 0. The molecule has 0 saturated carbocycles. The lowest BCUT2D eigenvalue weighted by Gasteiger charge is -2.08. The predicted molar refractivity (Wildman–Crippen MR) is 75.6 cm³/mol. The zero-order chi connectivity index (χ0) is 13.2. The van der Waals surface area contributed by atoms with Crippen molar-refractivity contribution in [2.45, 2.75) is 33.1 Å². The van der Waals surface area contributed by atoms with Gasteiger partial charge in [0.25, 0.3) is 0 Å². The molecule has 2 amide bonds. The molecule has 3 heteroatoms. The minimum Gasteiger partial charge on any atom is -0.338 e. The van der Waals surface area contributed by atoms with Gasteiger partial charge in [0, 0.05) is 13.1 Å². The van der Waals surface area contributed by atoms with Crippen LogP contribution >= 0.6 is 0 Å². The summed E-state index contributed by atoms with van der Waals surface area (Å²) in [5, 5.41) is 5.74. The first-order chi connectivity index (χ1) is 8.68. The maximum atomic E-state index is 11.4. The number of benzene rings is 1. The molecule has 0 saturated heterocycles. The van der Waals surface area contributed by atoms with E-state index in [0.717, 1.165) is 32.4 Å². The van der Waals surface area contributed by atoms with Gasteiger partial charge in [0.1, 0.15) is 0 Å². The van der Waals surface area contributed by atoms with Crippen LogP contribution in [0.1, 0.15) is 32.3 Å². The maximum Gasteiger partial charge on any atom is 0.314 e. The first-order valence-corrected chi connectivity index (χ1v) is 6.74. The highest BCUT2D eigenvalue weighted by Gasteiger charge is 2.00. The lowest BCUT2D eigenvalue weighted by Crippen LogP contribution is -2.36. The number of rotatable bonds is 7. The molecular weight excluding hydrogens is 224 g/mol. The molecule has 0 unspecified atom stereocenters. The fourth-order valence-corrected chi connectivity index (χ4v) is 1.68. The molecule has 1 aromatic rings. The molecule has 0 atom stereocenters. The van der Waals surface area contributed by atoms with Gasteiger partial charge in [-0.1, -0.05) is 44.2 Å². The van der Waals surface area contributed by atoms with E-state index in [0.29, 0.717) is 5.92 Å². The van der Waals surface area contributed by atoms with Crippen LogP contribution in [-0.4, -0.2) is 19.1 Å². The molecule has 0 aliphatic heterocycles. The average Bonchev–Trinajstić information content (AvgIpc) is 2.35. The lowest BCUT2D eigenvalue weighted by atomic mass is 10.1. The first kappa shape index (κ1) is 14.6. The summed E-state index contributed by atoms with van der Waals surface area (Å²) in [5.41, 5.74) is 1.32. The number of aryl methyl sites for hydroxylation is 1. The third-order valence-corrected chi connectivity index (χ3v) is 2.78. The largest absolute Gasteiger partial charge is 0.338 e. The monoisotopic (exact) mass is 248 g/mol. The van der Waals surface area contributed by atoms with Gasteiger partial charge < -0.3 is 10.6 Å². The van der Waals surface area contributed by atoms with Gasteiger partial charge in [-0.3, -0.25) is 0 Å². The van der Waals surface area contributed by atoms with Crippen molar-refractivity contribution in [3.8, 4) is 0 Å². The van der Waals surface area contributed by atoms with Gasteiger partial charge in [0.15, 0.2) is 0 Å². The Balaban J connectivity index is 2.02. The molecule has 0 aromatic heterocycles. The molecule has 0 aliphatic rings. The number of carbonyl (C=O) groups is 1. The normalized spacial score (nSPS) is 10.4. The van der Waals surface area contributed by atoms with Gasteiger partial charge in [-0.05, 0) is 30.7 Å². The highest BCUT2D eigenvalue weighted by molar-refractivity contribution is 5.73. The zero-order valence-electron chi connectivity index (χ0n) is 11.4. The van der Waals surface area contributed by atoms with Crippen LogP contribution in [-0.2, 0) is 6.42 Å². The predicted octanol–water partition coefficient (Wildman–Crippen LogP) is 2.96. The van der Waals surface area contributed by atoms with Crippen LogP contribution in [0.4, 0.5) is 4.79 Å². The molecule has 0 aliphatic carbocycles. The summed E-state index contributed by atoms with van der Waals surface area (Å²) in [5.74, 6) is 0.628. The summed E-state index contributed by atoms with van der Waals surface area (Å²) in [6.45, 7) is 5.78. The number of carbonyl (C=O) groups excluding carboxylic acids is 1. The van der Waals surface area contributed by atoms with Gasteiger partial charge in [-0.2, -0.15) is 0 Å². The van der Waals surface area contributed by atoms with Crippen molar-refractivity contribution in [1.82, 2.24) is 10.6 Å². The highest BCUT2D eigenvalue weighted by atomic mass is 16.2. The summed E-state index contributed by atoms with van der Waals surface area (Å²) in [6.07, 6.45) is 3.01. The van der Waals surface area contributed by atoms with E-state index in [9.17, 15) is 4.79 Å². The Morgan fingerprint density at radius 1 is 1.11 bits per heavy atom. The molecule has 0 spiro atoms. The molecule has 18 heavy (non-hydrogen) atoms. The molecule has 1 rings (SSSR count). The molecule has 0 bridgehead atoms. The Labute approximate surface area is 110 Å². The molecule has 2 N–H and O–H groups in total. The van der Waals surface area contributed by atoms with Crippen molar-refractivity contribution in [3.63, 3.8) is 0 Å². The average molecular weight is 248 g/mol. The Morgan fingerprint density at radius 2 is 1.78 bits per heavy atom. The fourth-order valence-electron chi connectivity index (χ4n) is 1.68. The van der Waals surface area contributed by atoms with Gasteiger partial charge in [0.05, 0.1) is 0 Å². The number of hydrogen-bond donors (Lipinski definition) is 2. The van der Waals surface area contributed by atoms with Crippen LogP contribution in [0, 0.1) is 5.92 Å². The van der Waals surface area contributed by atoms with Gasteiger partial charge in [0.2, 0.25) is 0 Å². The van der Waals surface area contributed by atoms with Crippen molar-refractivity contribution < 1.29 is 4.79 Å². The molecule has 0 fully saturated rings. The smallest absolute Gasteiger partial charge is 0.314 e. The Hall–Kier alpha value is -1.51. The number of amides is 2. The molecule has 100 valence electrons. The van der Waals surface area contributed by atoms with Crippen molar-refractivity contribution >= 4 is 6.03 Å². The van der Waals surface area contributed by atoms with E-state index in [1.54, 1.807) is 0 Å². The zero-order valence-corrected chi connectivity index (χ0v) is 11.4. The number of urea groups is 1. The Kier molecular flexibility index (Phi) is 6.92. The summed E-state index contributed by atoms with van der Waals surface area (Å²) in [4.78, 5) is 11.4. The standard InChI is InChI=1S/C15H24N2O/c1-13(2)10-12-17-15(18)16-11-6-9-14-7-4-3-5-8-14/h3-5,7-8,13H,6,9-12H2,1-2H3,(H2,16,17,18). The Bertz CT molecular complexity index is 336. The molecule has 0 radical (unpaired) electrons. The minimum atomic E-state index is -0.0521. The minimum absolute atomic E-state index is 0.0521. The van der Waals surface area contributed by atoms with Crippen LogP contribution in [0.15, 0.2) is 30.3 Å². The molecule has 3 nitrogen and oxygen atoms in total. The van der Waals surface area contributed by atoms with E-state index < -0.39 is 0 Å². The quantitative estimate of drug-likeness (QED) is 0.716. The lowest BCUT2D eigenvalue weighted by molar-refractivity contribution is 0.240. The van der Waals surface area contributed by atoms with Gasteiger partial charge in [-0.25, -0.2) is 4.79 Å². The number of hydrogen-bond acceptors (Lipinski definition) is 1. The second kappa shape index (κ2) is 8.56. The van der Waals surface area contributed by atoms with Crippen molar-refractivity contribution in [2.24, 2.45) is 5.92 Å². The van der Waals surface area contributed by atoms with E-state index in [-0.39, 0.29) is 6.03 Å². The van der Waals surface area contributed by atoms with E-state index in [2.05, 4.69) is 36.6 Å². The second-order valence-corrected chi connectivity index (χ2v) is 4.95. The van der Waals surface area contributed by atoms with Crippen molar-refractivity contribution in [1.29, 1.82) is 0 Å². The third-order valence-electron chi connectivity index (χ3n) is 2.78. The van der Waals surface area contributed by atoms with Gasteiger partial charge >= 0.3 is 6.03 Å². The maximum absolute atomic E-state index is 11.4. The van der Waals surface area contributed by atoms with Crippen molar-refractivity contribution in [2.75, 3.05) is 13.1 Å². The van der Waals surface area contributed by atoms with Crippen LogP contribution in [0.25, 0.3) is 0 Å². The molecule has 1 aromatic carbocycles. The second-order valence-electron chi connectivity index (χ2n) is 4.95. The Morgan fingerprint density at radius 3 is 2.44 bits per heavy atom. The fraction of sp³-hybridized carbons (Fsp3) is 0.533. The summed E-state index contributed by atoms with van der Waals surface area (Å²) >= 11 is 0. The van der Waals surface area contributed by atoms with Crippen molar-refractivity contribution in [3.05, 3.63) is 35.9 Å². The van der Waals surface area contributed by atoms with E-state index in [4.69, 9.17) is 0 Å². The highest BCUT2D eigenvalue weighted by Crippen LogP contribution is 2.01.